The number of hydrogen-bond donors (Lipinski definition) is 1. The summed E-state index contributed by atoms with van der Waals surface area (Å²) < 4.78 is 0. The first-order valence-corrected chi connectivity index (χ1v) is 6.00. The van der Waals surface area contributed by atoms with Crippen LogP contribution in [0.25, 0.3) is 0 Å². The van der Waals surface area contributed by atoms with Gasteiger partial charge >= 0.3 is 0 Å². The SMILES string of the molecule is N#CC1(NC(=O)Cc2cccc([N+](=O)[O-])c2)CCC1. The van der Waals surface area contributed by atoms with Crippen molar-refractivity contribution in [2.75, 3.05) is 0 Å². The van der Waals surface area contributed by atoms with Crippen molar-refractivity contribution in [3.8, 4) is 6.07 Å². The number of rotatable bonds is 4. The van der Waals surface area contributed by atoms with Crippen molar-refractivity contribution >= 4 is 11.6 Å². The molecule has 1 aromatic carbocycles. The van der Waals surface area contributed by atoms with E-state index in [4.69, 9.17) is 5.26 Å². The number of nitro benzene ring substituents is 1. The highest BCUT2D eigenvalue weighted by molar-refractivity contribution is 5.80. The molecule has 2 rings (SSSR count). The second-order valence-electron chi connectivity index (χ2n) is 4.70. The van der Waals surface area contributed by atoms with Crippen LogP contribution in [0.1, 0.15) is 24.8 Å². The molecule has 19 heavy (non-hydrogen) atoms. The van der Waals surface area contributed by atoms with Crippen LogP contribution in [0.3, 0.4) is 0 Å². The van der Waals surface area contributed by atoms with Gasteiger partial charge < -0.3 is 5.32 Å². The van der Waals surface area contributed by atoms with Gasteiger partial charge in [-0.15, -0.1) is 0 Å². The van der Waals surface area contributed by atoms with Crippen LogP contribution in [-0.4, -0.2) is 16.4 Å². The van der Waals surface area contributed by atoms with Gasteiger partial charge in [-0.3, -0.25) is 14.9 Å². The van der Waals surface area contributed by atoms with Gasteiger partial charge in [-0.1, -0.05) is 12.1 Å². The maximum absolute atomic E-state index is 11.8. The maximum Gasteiger partial charge on any atom is 0.269 e. The molecule has 1 aromatic rings. The largest absolute Gasteiger partial charge is 0.338 e. The van der Waals surface area contributed by atoms with Crippen LogP contribution in [0, 0.1) is 21.4 Å². The van der Waals surface area contributed by atoms with Gasteiger partial charge in [0.15, 0.2) is 0 Å². The van der Waals surface area contributed by atoms with Crippen molar-refractivity contribution in [2.45, 2.75) is 31.2 Å². The molecule has 1 N–H and O–H groups in total. The van der Waals surface area contributed by atoms with E-state index in [0.29, 0.717) is 18.4 Å². The third-order valence-electron chi connectivity index (χ3n) is 3.29. The van der Waals surface area contributed by atoms with Crippen molar-refractivity contribution in [1.29, 1.82) is 5.26 Å². The second-order valence-corrected chi connectivity index (χ2v) is 4.70. The molecule has 0 atom stereocenters. The van der Waals surface area contributed by atoms with Crippen LogP contribution in [0.15, 0.2) is 24.3 Å². The number of benzene rings is 1. The Morgan fingerprint density at radius 3 is 2.79 bits per heavy atom. The van der Waals surface area contributed by atoms with E-state index in [1.807, 2.05) is 0 Å². The zero-order valence-electron chi connectivity index (χ0n) is 10.3. The Labute approximate surface area is 110 Å². The van der Waals surface area contributed by atoms with Gasteiger partial charge in [-0.25, -0.2) is 0 Å². The molecule has 0 heterocycles. The zero-order chi connectivity index (χ0) is 13.9. The molecule has 0 radical (unpaired) electrons. The normalized spacial score (nSPS) is 15.9. The lowest BCUT2D eigenvalue weighted by atomic mass is 9.78. The Bertz CT molecular complexity index is 558. The first-order chi connectivity index (χ1) is 9.04. The third-order valence-corrected chi connectivity index (χ3v) is 3.29. The summed E-state index contributed by atoms with van der Waals surface area (Å²) in [5, 5.41) is 22.4. The van der Waals surface area contributed by atoms with Crippen LogP contribution in [-0.2, 0) is 11.2 Å². The van der Waals surface area contributed by atoms with Crippen molar-refractivity contribution in [3.05, 3.63) is 39.9 Å². The zero-order valence-corrected chi connectivity index (χ0v) is 10.3. The van der Waals surface area contributed by atoms with Gasteiger partial charge in [0, 0.05) is 12.1 Å². The first-order valence-electron chi connectivity index (χ1n) is 6.00. The lowest BCUT2D eigenvalue weighted by Crippen LogP contribution is -2.52. The number of nitriles is 1. The van der Waals surface area contributed by atoms with Gasteiger partial charge in [-0.05, 0) is 24.8 Å². The summed E-state index contributed by atoms with van der Waals surface area (Å²) in [7, 11) is 0. The Morgan fingerprint density at radius 2 is 2.26 bits per heavy atom. The minimum atomic E-state index is -0.724. The number of carbonyl (C=O) groups excluding carboxylic acids is 1. The summed E-state index contributed by atoms with van der Waals surface area (Å²) in [4.78, 5) is 22.0. The summed E-state index contributed by atoms with van der Waals surface area (Å²) in [5.41, 5.74) is -0.194. The maximum atomic E-state index is 11.8. The molecule has 1 aliphatic rings. The standard InChI is InChI=1S/C13H13N3O3/c14-9-13(5-2-6-13)15-12(17)8-10-3-1-4-11(7-10)16(18)19/h1,3-4,7H,2,5-6,8H2,(H,15,17). The summed E-state index contributed by atoms with van der Waals surface area (Å²) in [5.74, 6) is -0.276. The molecule has 0 unspecified atom stereocenters. The van der Waals surface area contributed by atoms with Crippen molar-refractivity contribution in [3.63, 3.8) is 0 Å². The van der Waals surface area contributed by atoms with Crippen molar-refractivity contribution in [1.82, 2.24) is 5.32 Å². The molecule has 6 heteroatoms. The van der Waals surface area contributed by atoms with Crippen LogP contribution in [0.2, 0.25) is 0 Å². The van der Waals surface area contributed by atoms with E-state index in [1.54, 1.807) is 12.1 Å². The Morgan fingerprint density at radius 1 is 1.53 bits per heavy atom. The molecule has 1 aliphatic carbocycles. The number of hydrogen-bond acceptors (Lipinski definition) is 4. The summed E-state index contributed by atoms with van der Waals surface area (Å²) in [6, 6.07) is 8.08. The highest BCUT2D eigenvalue weighted by atomic mass is 16.6. The molecule has 0 bridgehead atoms. The highest BCUT2D eigenvalue weighted by Crippen LogP contribution is 2.30. The van der Waals surface area contributed by atoms with E-state index in [9.17, 15) is 14.9 Å². The molecular formula is C13H13N3O3. The molecule has 0 spiro atoms. The summed E-state index contributed by atoms with van der Waals surface area (Å²) in [6.45, 7) is 0. The fourth-order valence-electron chi connectivity index (χ4n) is 2.07. The van der Waals surface area contributed by atoms with Crippen molar-refractivity contribution < 1.29 is 9.72 Å². The molecule has 1 amide bonds. The van der Waals surface area contributed by atoms with Crippen LogP contribution in [0.5, 0.6) is 0 Å². The van der Waals surface area contributed by atoms with Crippen LogP contribution in [0.4, 0.5) is 5.69 Å². The van der Waals surface area contributed by atoms with E-state index in [2.05, 4.69) is 11.4 Å². The first kappa shape index (κ1) is 13.0. The third kappa shape index (κ3) is 2.88. The fourth-order valence-corrected chi connectivity index (χ4v) is 2.07. The molecule has 1 saturated carbocycles. The summed E-state index contributed by atoms with van der Waals surface area (Å²) >= 11 is 0. The number of non-ortho nitro benzene ring substituents is 1. The molecule has 0 aliphatic heterocycles. The Kier molecular flexibility index (Phi) is 3.47. The molecule has 1 fully saturated rings. The smallest absolute Gasteiger partial charge is 0.269 e. The lowest BCUT2D eigenvalue weighted by Gasteiger charge is -2.35. The summed E-state index contributed by atoms with van der Waals surface area (Å²) in [6.07, 6.45) is 2.32. The molecule has 0 saturated heterocycles. The lowest BCUT2D eigenvalue weighted by molar-refractivity contribution is -0.384. The molecule has 98 valence electrons. The van der Waals surface area contributed by atoms with Gasteiger partial charge in [0.05, 0.1) is 17.4 Å². The Balaban J connectivity index is 2.01. The minimum Gasteiger partial charge on any atom is -0.338 e. The van der Waals surface area contributed by atoms with Crippen LogP contribution >= 0.6 is 0 Å². The number of nitrogens with one attached hydrogen (secondary N) is 1. The molecular weight excluding hydrogens is 246 g/mol. The monoisotopic (exact) mass is 259 g/mol. The number of amides is 1. The number of carbonyl (C=O) groups is 1. The van der Waals surface area contributed by atoms with E-state index in [-0.39, 0.29) is 18.0 Å². The van der Waals surface area contributed by atoms with Gasteiger partial charge in [0.2, 0.25) is 5.91 Å². The number of nitrogens with zero attached hydrogens (tertiary/aromatic N) is 2. The van der Waals surface area contributed by atoms with E-state index in [1.165, 1.54) is 12.1 Å². The number of nitro groups is 1. The fraction of sp³-hybridized carbons (Fsp3) is 0.385. The van der Waals surface area contributed by atoms with Gasteiger partial charge in [0.25, 0.3) is 5.69 Å². The predicted molar refractivity (Wildman–Crippen MR) is 67.1 cm³/mol. The van der Waals surface area contributed by atoms with Gasteiger partial charge in [0.1, 0.15) is 5.54 Å². The van der Waals surface area contributed by atoms with E-state index >= 15 is 0 Å². The van der Waals surface area contributed by atoms with E-state index in [0.717, 1.165) is 6.42 Å². The minimum absolute atomic E-state index is 0.0380. The Hall–Kier alpha value is -2.42. The average molecular weight is 259 g/mol. The highest BCUT2D eigenvalue weighted by Gasteiger charge is 2.38. The van der Waals surface area contributed by atoms with Crippen LogP contribution < -0.4 is 5.32 Å². The van der Waals surface area contributed by atoms with Gasteiger partial charge in [-0.2, -0.15) is 5.26 Å². The van der Waals surface area contributed by atoms with Crippen molar-refractivity contribution in [2.24, 2.45) is 0 Å². The second kappa shape index (κ2) is 5.06. The average Bonchev–Trinajstić information content (AvgIpc) is 2.34. The predicted octanol–water partition coefficient (Wildman–Crippen LogP) is 1.70. The van der Waals surface area contributed by atoms with E-state index < -0.39 is 10.5 Å². The molecule has 6 nitrogen and oxygen atoms in total. The topological polar surface area (TPSA) is 96.0 Å². The molecule has 0 aromatic heterocycles. The quantitative estimate of drug-likeness (QED) is 0.657.